The van der Waals surface area contributed by atoms with E-state index in [0.29, 0.717) is 12.2 Å². The molecule has 0 radical (unpaired) electrons. The Hall–Kier alpha value is -2.50. The molecule has 96 valence electrons. The van der Waals surface area contributed by atoms with Gasteiger partial charge in [0.25, 0.3) is 0 Å². The third-order valence-corrected chi connectivity index (χ3v) is 1.36. The van der Waals surface area contributed by atoms with Crippen LogP contribution in [0.1, 0.15) is 13.8 Å². The number of ether oxygens (including phenoxy) is 2. The van der Waals surface area contributed by atoms with Crippen molar-refractivity contribution in [2.24, 2.45) is 0 Å². The molecule has 0 aliphatic heterocycles. The van der Waals surface area contributed by atoms with Gasteiger partial charge in [-0.2, -0.15) is 0 Å². The maximum atomic E-state index is 11.0. The van der Waals surface area contributed by atoms with Crippen LogP contribution in [0.4, 0.5) is 0 Å². The Morgan fingerprint density at radius 2 is 0.889 bits per heavy atom. The summed E-state index contributed by atoms with van der Waals surface area (Å²) in [7, 11) is 0. The minimum absolute atomic E-state index is 0.687. The molecule has 0 N–H and O–H groups in total. The Balaban J connectivity index is 4.22. The van der Waals surface area contributed by atoms with Crippen molar-refractivity contribution < 1.29 is 28.7 Å². The minimum atomic E-state index is -1.03. The second-order valence-electron chi connectivity index (χ2n) is 2.81. The van der Waals surface area contributed by atoms with Crippen LogP contribution in [0.2, 0.25) is 0 Å². The zero-order chi connectivity index (χ0) is 14.0. The molecule has 0 amide bonds. The van der Waals surface area contributed by atoms with E-state index in [4.69, 9.17) is 0 Å². The van der Waals surface area contributed by atoms with Crippen LogP contribution in [-0.2, 0) is 28.7 Å². The first-order chi connectivity index (χ1) is 8.49. The van der Waals surface area contributed by atoms with E-state index in [9.17, 15) is 19.2 Å². The summed E-state index contributed by atoms with van der Waals surface area (Å²) in [6, 6.07) is 0. The highest BCUT2D eigenvalue weighted by Crippen LogP contribution is 1.89. The van der Waals surface area contributed by atoms with Gasteiger partial charge in [0.05, 0.1) is 0 Å². The summed E-state index contributed by atoms with van der Waals surface area (Å²) in [6.07, 6.45) is 6.24. The quantitative estimate of drug-likeness (QED) is 0.418. The van der Waals surface area contributed by atoms with Crippen LogP contribution in [0.3, 0.4) is 0 Å². The Bertz CT molecular complexity index is 388. The van der Waals surface area contributed by atoms with Crippen molar-refractivity contribution in [3.05, 3.63) is 36.5 Å². The Morgan fingerprint density at radius 1 is 0.611 bits per heavy atom. The van der Waals surface area contributed by atoms with Crippen molar-refractivity contribution in [1.29, 1.82) is 0 Å². The van der Waals surface area contributed by atoms with E-state index in [1.54, 1.807) is 13.8 Å². The maximum Gasteiger partial charge on any atom is 0.338 e. The van der Waals surface area contributed by atoms with Crippen LogP contribution in [0.15, 0.2) is 36.5 Å². The van der Waals surface area contributed by atoms with Gasteiger partial charge in [-0.1, -0.05) is 12.2 Å². The fourth-order valence-corrected chi connectivity index (χ4v) is 0.743. The zero-order valence-corrected chi connectivity index (χ0v) is 9.91. The first-order valence-electron chi connectivity index (χ1n) is 4.94. The first-order valence-corrected chi connectivity index (χ1v) is 4.94. The predicted molar refractivity (Wildman–Crippen MR) is 61.0 cm³/mol. The Kier molecular flexibility index (Phi) is 7.43. The molecule has 6 nitrogen and oxygen atoms in total. The van der Waals surface area contributed by atoms with E-state index in [-0.39, 0.29) is 0 Å². The van der Waals surface area contributed by atoms with E-state index >= 15 is 0 Å². The summed E-state index contributed by atoms with van der Waals surface area (Å²) in [5, 5.41) is 0. The van der Waals surface area contributed by atoms with Gasteiger partial charge < -0.3 is 9.47 Å². The molecule has 0 rings (SSSR count). The normalized spacial score (nSPS) is 11.0. The number of hydrogen-bond acceptors (Lipinski definition) is 6. The van der Waals surface area contributed by atoms with Gasteiger partial charge in [0.1, 0.15) is 0 Å². The summed E-state index contributed by atoms with van der Waals surface area (Å²) in [5.74, 6) is -3.78. The summed E-state index contributed by atoms with van der Waals surface area (Å²) in [6.45, 7) is 3.15. The highest BCUT2D eigenvalue weighted by atomic mass is 16.6. The third-order valence-electron chi connectivity index (χ3n) is 1.36. The van der Waals surface area contributed by atoms with Crippen molar-refractivity contribution in [3.8, 4) is 0 Å². The summed E-state index contributed by atoms with van der Waals surface area (Å²) >= 11 is 0. The van der Waals surface area contributed by atoms with Gasteiger partial charge >= 0.3 is 23.9 Å². The monoisotopic (exact) mass is 252 g/mol. The van der Waals surface area contributed by atoms with Crippen molar-refractivity contribution in [1.82, 2.24) is 0 Å². The maximum absolute atomic E-state index is 11.0. The molecular weight excluding hydrogens is 240 g/mol. The van der Waals surface area contributed by atoms with Crippen LogP contribution < -0.4 is 0 Å². The van der Waals surface area contributed by atoms with Gasteiger partial charge in [-0.3, -0.25) is 0 Å². The molecule has 0 saturated heterocycles. The van der Waals surface area contributed by atoms with E-state index < -0.39 is 23.9 Å². The van der Waals surface area contributed by atoms with Crippen LogP contribution in [0, 0.1) is 0 Å². The smallest absolute Gasteiger partial charge is 0.338 e. The molecule has 0 atom stereocenters. The van der Waals surface area contributed by atoms with E-state index in [0.717, 1.165) is 12.2 Å². The van der Waals surface area contributed by atoms with Gasteiger partial charge in [0.2, 0.25) is 0 Å². The second-order valence-corrected chi connectivity index (χ2v) is 2.81. The van der Waals surface area contributed by atoms with E-state index in [1.807, 2.05) is 0 Å². The van der Waals surface area contributed by atoms with Crippen molar-refractivity contribution >= 4 is 23.9 Å². The second kappa shape index (κ2) is 8.63. The topological polar surface area (TPSA) is 86.7 Å². The van der Waals surface area contributed by atoms with Crippen LogP contribution >= 0.6 is 0 Å². The lowest BCUT2D eigenvalue weighted by atomic mass is 10.5. The summed E-state index contributed by atoms with van der Waals surface area (Å²) in [5.41, 5.74) is 0. The number of carbonyl (C=O) groups excluding carboxylic acids is 4. The van der Waals surface area contributed by atoms with Crippen molar-refractivity contribution in [2.75, 3.05) is 0 Å². The molecular formula is C12H12O6. The average molecular weight is 252 g/mol. The zero-order valence-electron chi connectivity index (χ0n) is 9.91. The highest BCUT2D eigenvalue weighted by Gasteiger charge is 2.06. The number of esters is 4. The molecule has 0 saturated carbocycles. The van der Waals surface area contributed by atoms with Gasteiger partial charge in [0, 0.05) is 24.3 Å². The lowest BCUT2D eigenvalue weighted by Crippen LogP contribution is -2.10. The molecule has 0 spiro atoms. The molecule has 6 heteroatoms. The molecule has 0 bridgehead atoms. The molecule has 0 aromatic rings. The lowest BCUT2D eigenvalue weighted by molar-refractivity contribution is -0.155. The van der Waals surface area contributed by atoms with E-state index in [1.165, 1.54) is 12.2 Å². The van der Waals surface area contributed by atoms with E-state index in [2.05, 4.69) is 9.47 Å². The largest absolute Gasteiger partial charge is 0.387 e. The predicted octanol–water partition coefficient (Wildman–Crippen LogP) is 0.834. The molecule has 0 aliphatic carbocycles. The van der Waals surface area contributed by atoms with Crippen LogP contribution in [0.25, 0.3) is 0 Å². The lowest BCUT2D eigenvalue weighted by Gasteiger charge is -1.95. The Labute approximate surface area is 104 Å². The van der Waals surface area contributed by atoms with Crippen LogP contribution in [0.5, 0.6) is 0 Å². The van der Waals surface area contributed by atoms with Crippen molar-refractivity contribution in [3.63, 3.8) is 0 Å². The summed E-state index contributed by atoms with van der Waals surface area (Å²) < 4.78 is 8.47. The number of carbonyl (C=O) groups is 4. The average Bonchev–Trinajstić information content (AvgIpc) is 2.27. The third kappa shape index (κ3) is 7.75. The van der Waals surface area contributed by atoms with Gasteiger partial charge in [-0.05, 0) is 13.8 Å². The first kappa shape index (κ1) is 15.5. The minimum Gasteiger partial charge on any atom is -0.387 e. The molecule has 0 aliphatic rings. The SMILES string of the molecule is C/C=C/C(=O)OC(=O)/C=C\C(=O)OC(=O)/C=C/C. The van der Waals surface area contributed by atoms with Gasteiger partial charge in [-0.25, -0.2) is 19.2 Å². The van der Waals surface area contributed by atoms with Crippen LogP contribution in [-0.4, -0.2) is 23.9 Å². The highest BCUT2D eigenvalue weighted by molar-refractivity contribution is 6.01. The fourth-order valence-electron chi connectivity index (χ4n) is 0.743. The van der Waals surface area contributed by atoms with Crippen molar-refractivity contribution in [2.45, 2.75) is 13.8 Å². The molecule has 0 aromatic heterocycles. The van der Waals surface area contributed by atoms with Gasteiger partial charge in [-0.15, -0.1) is 0 Å². The Morgan fingerprint density at radius 3 is 1.17 bits per heavy atom. The molecule has 18 heavy (non-hydrogen) atoms. The fraction of sp³-hybridized carbons (Fsp3) is 0.167. The number of hydrogen-bond donors (Lipinski definition) is 0. The molecule has 0 fully saturated rings. The van der Waals surface area contributed by atoms with Gasteiger partial charge in [0.15, 0.2) is 0 Å². The number of allylic oxidation sites excluding steroid dienone is 2. The number of rotatable bonds is 4. The molecule has 0 aromatic carbocycles. The summed E-state index contributed by atoms with van der Waals surface area (Å²) in [4.78, 5) is 43.6. The molecule has 0 heterocycles. The standard InChI is InChI=1S/C12H12O6/c1-3-5-9(13)17-11(15)7-8-12(16)18-10(14)6-4-2/h3-8H,1-2H3/b5-3+,6-4+,8-7-. The molecule has 0 unspecified atom stereocenters.